The Hall–Kier alpha value is -3.39. The second-order valence-corrected chi connectivity index (χ2v) is 8.48. The molecule has 0 radical (unpaired) electrons. The number of anilines is 1. The molecular formula is C25H28N6O2. The van der Waals surface area contributed by atoms with Crippen LogP contribution in [0, 0.1) is 0 Å². The minimum absolute atomic E-state index is 0.117. The molecule has 2 aliphatic heterocycles. The first-order chi connectivity index (χ1) is 16.3. The highest BCUT2D eigenvalue weighted by atomic mass is 16.5. The first-order valence-corrected chi connectivity index (χ1v) is 11.6. The molecule has 2 saturated heterocycles. The highest BCUT2D eigenvalue weighted by Crippen LogP contribution is 2.34. The minimum atomic E-state index is 0.117. The zero-order chi connectivity index (χ0) is 22.5. The fourth-order valence-electron chi connectivity index (χ4n) is 4.56. The summed E-state index contributed by atoms with van der Waals surface area (Å²) in [6.07, 6.45) is 9.51. The van der Waals surface area contributed by atoms with E-state index in [0.29, 0.717) is 26.2 Å². The Morgan fingerprint density at radius 3 is 2.67 bits per heavy atom. The van der Waals surface area contributed by atoms with Gasteiger partial charge in [0.1, 0.15) is 0 Å². The quantitative estimate of drug-likeness (QED) is 0.598. The van der Waals surface area contributed by atoms with Gasteiger partial charge in [-0.15, -0.1) is 0 Å². The fourth-order valence-corrected chi connectivity index (χ4v) is 4.56. The number of aromatic nitrogens is 4. The molecule has 1 unspecified atom stereocenters. The summed E-state index contributed by atoms with van der Waals surface area (Å²) in [5.74, 6) is 1.01. The number of morpholine rings is 1. The van der Waals surface area contributed by atoms with Gasteiger partial charge in [0.25, 0.3) is 0 Å². The van der Waals surface area contributed by atoms with Crippen LogP contribution in [-0.4, -0.2) is 70.1 Å². The second-order valence-electron chi connectivity index (χ2n) is 8.48. The summed E-state index contributed by atoms with van der Waals surface area (Å²) in [6.45, 7) is 4.37. The molecule has 3 aromatic heterocycles. The number of hydrogen-bond donors (Lipinski definition) is 0. The van der Waals surface area contributed by atoms with E-state index in [0.717, 1.165) is 60.9 Å². The minimum Gasteiger partial charge on any atom is -0.378 e. The Morgan fingerprint density at radius 2 is 1.88 bits per heavy atom. The maximum atomic E-state index is 13.0. The zero-order valence-corrected chi connectivity index (χ0v) is 18.6. The molecule has 5 heterocycles. The van der Waals surface area contributed by atoms with Crippen molar-refractivity contribution in [1.29, 1.82) is 0 Å². The highest BCUT2D eigenvalue weighted by molar-refractivity contribution is 5.78. The Labute approximate surface area is 193 Å². The number of nitrogens with zero attached hydrogens (tertiary/aromatic N) is 6. The molecule has 0 spiro atoms. The van der Waals surface area contributed by atoms with E-state index in [-0.39, 0.29) is 11.8 Å². The predicted octanol–water partition coefficient (Wildman–Crippen LogP) is 2.72. The summed E-state index contributed by atoms with van der Waals surface area (Å²) in [4.78, 5) is 35.4. The summed E-state index contributed by atoms with van der Waals surface area (Å²) in [6, 6.07) is 9.67. The number of amides is 1. The SMILES string of the molecule is O=C(Cc1ccccn1)N1CCCC(c2nc(N3CCOCC3)ncc2-c2ccncc2)C1. The first kappa shape index (κ1) is 21.5. The van der Waals surface area contributed by atoms with Crippen LogP contribution >= 0.6 is 0 Å². The molecule has 0 aromatic carbocycles. The Kier molecular flexibility index (Phi) is 6.53. The van der Waals surface area contributed by atoms with Crippen LogP contribution in [0.2, 0.25) is 0 Å². The molecule has 8 nitrogen and oxygen atoms in total. The lowest BCUT2D eigenvalue weighted by atomic mass is 9.90. The fraction of sp³-hybridized carbons (Fsp3) is 0.400. The van der Waals surface area contributed by atoms with E-state index in [9.17, 15) is 4.79 Å². The molecule has 5 rings (SSSR count). The van der Waals surface area contributed by atoms with Crippen molar-refractivity contribution < 1.29 is 9.53 Å². The lowest BCUT2D eigenvalue weighted by molar-refractivity contribution is -0.131. The van der Waals surface area contributed by atoms with Crippen molar-refractivity contribution in [3.05, 3.63) is 66.5 Å². The zero-order valence-electron chi connectivity index (χ0n) is 18.6. The monoisotopic (exact) mass is 444 g/mol. The molecule has 1 atom stereocenters. The summed E-state index contributed by atoms with van der Waals surface area (Å²) in [5, 5.41) is 0. The number of hydrogen-bond acceptors (Lipinski definition) is 7. The van der Waals surface area contributed by atoms with Crippen LogP contribution in [0.15, 0.2) is 55.1 Å². The van der Waals surface area contributed by atoms with Crippen LogP contribution in [0.4, 0.5) is 5.95 Å². The van der Waals surface area contributed by atoms with E-state index >= 15 is 0 Å². The Bertz CT molecular complexity index is 1070. The highest BCUT2D eigenvalue weighted by Gasteiger charge is 2.29. The van der Waals surface area contributed by atoms with Crippen molar-refractivity contribution in [3.63, 3.8) is 0 Å². The van der Waals surface area contributed by atoms with Crippen LogP contribution in [-0.2, 0) is 16.0 Å². The van der Waals surface area contributed by atoms with Gasteiger partial charge in [-0.1, -0.05) is 6.07 Å². The molecule has 0 N–H and O–H groups in total. The average Bonchev–Trinajstić information content (AvgIpc) is 2.90. The average molecular weight is 445 g/mol. The topological polar surface area (TPSA) is 84.3 Å². The summed E-state index contributed by atoms with van der Waals surface area (Å²) < 4.78 is 5.50. The molecular weight excluding hydrogens is 416 g/mol. The van der Waals surface area contributed by atoms with Gasteiger partial charge in [0.05, 0.1) is 25.3 Å². The number of ether oxygens (including phenoxy) is 1. The van der Waals surface area contributed by atoms with Gasteiger partial charge >= 0.3 is 0 Å². The maximum Gasteiger partial charge on any atom is 0.228 e. The van der Waals surface area contributed by atoms with E-state index in [4.69, 9.17) is 14.7 Å². The molecule has 0 aliphatic carbocycles. The smallest absolute Gasteiger partial charge is 0.228 e. The van der Waals surface area contributed by atoms with Crippen molar-refractivity contribution in [2.24, 2.45) is 0 Å². The molecule has 8 heteroatoms. The van der Waals surface area contributed by atoms with E-state index in [1.165, 1.54) is 0 Å². The van der Waals surface area contributed by atoms with Crippen LogP contribution in [0.3, 0.4) is 0 Å². The molecule has 2 aliphatic rings. The molecule has 1 amide bonds. The number of pyridine rings is 2. The number of likely N-dealkylation sites (tertiary alicyclic amines) is 1. The first-order valence-electron chi connectivity index (χ1n) is 11.6. The molecule has 0 saturated carbocycles. The number of carbonyl (C=O) groups excluding carboxylic acids is 1. The predicted molar refractivity (Wildman–Crippen MR) is 125 cm³/mol. The Balaban J connectivity index is 1.42. The van der Waals surface area contributed by atoms with Gasteiger partial charge in [0.15, 0.2) is 0 Å². The van der Waals surface area contributed by atoms with Gasteiger partial charge < -0.3 is 14.5 Å². The molecule has 3 aromatic rings. The Morgan fingerprint density at radius 1 is 1.03 bits per heavy atom. The number of rotatable bonds is 5. The lowest BCUT2D eigenvalue weighted by Crippen LogP contribution is -2.41. The van der Waals surface area contributed by atoms with Gasteiger partial charge in [0.2, 0.25) is 11.9 Å². The number of carbonyl (C=O) groups is 1. The van der Waals surface area contributed by atoms with E-state index in [1.807, 2.05) is 41.4 Å². The van der Waals surface area contributed by atoms with Gasteiger partial charge in [-0.2, -0.15) is 0 Å². The maximum absolute atomic E-state index is 13.0. The largest absolute Gasteiger partial charge is 0.378 e. The lowest BCUT2D eigenvalue weighted by Gasteiger charge is -2.34. The van der Waals surface area contributed by atoms with Crippen molar-refractivity contribution >= 4 is 11.9 Å². The van der Waals surface area contributed by atoms with Crippen LogP contribution in [0.25, 0.3) is 11.1 Å². The van der Waals surface area contributed by atoms with Crippen molar-refractivity contribution in [2.75, 3.05) is 44.3 Å². The molecule has 33 heavy (non-hydrogen) atoms. The van der Waals surface area contributed by atoms with E-state index < -0.39 is 0 Å². The van der Waals surface area contributed by atoms with Crippen molar-refractivity contribution in [3.8, 4) is 11.1 Å². The second kappa shape index (κ2) is 10.0. The van der Waals surface area contributed by atoms with E-state index in [2.05, 4.69) is 14.9 Å². The third-order valence-electron chi connectivity index (χ3n) is 6.31. The molecule has 170 valence electrons. The summed E-state index contributed by atoms with van der Waals surface area (Å²) in [5.41, 5.74) is 3.87. The third kappa shape index (κ3) is 5.01. The van der Waals surface area contributed by atoms with Gasteiger partial charge in [-0.05, 0) is 42.7 Å². The van der Waals surface area contributed by atoms with Crippen LogP contribution in [0.1, 0.15) is 30.1 Å². The van der Waals surface area contributed by atoms with Gasteiger partial charge in [0, 0.05) is 68.1 Å². The van der Waals surface area contributed by atoms with Gasteiger partial charge in [-0.3, -0.25) is 14.8 Å². The van der Waals surface area contributed by atoms with Crippen molar-refractivity contribution in [2.45, 2.75) is 25.2 Å². The standard InChI is InChI=1S/C25H28N6O2/c32-23(16-21-5-1-2-8-27-21)31-11-3-4-20(18-31)24-22(19-6-9-26-10-7-19)17-28-25(29-24)30-12-14-33-15-13-30/h1-2,5-10,17,20H,3-4,11-16,18H2. The van der Waals surface area contributed by atoms with Crippen LogP contribution in [0.5, 0.6) is 0 Å². The molecule has 2 fully saturated rings. The van der Waals surface area contributed by atoms with E-state index in [1.54, 1.807) is 18.6 Å². The van der Waals surface area contributed by atoms with Crippen LogP contribution < -0.4 is 4.90 Å². The molecule has 0 bridgehead atoms. The normalized spacial score (nSPS) is 18.8. The van der Waals surface area contributed by atoms with Gasteiger partial charge in [-0.25, -0.2) is 9.97 Å². The summed E-state index contributed by atoms with van der Waals surface area (Å²) in [7, 11) is 0. The van der Waals surface area contributed by atoms with Crippen molar-refractivity contribution in [1.82, 2.24) is 24.8 Å². The summed E-state index contributed by atoms with van der Waals surface area (Å²) >= 11 is 0. The number of piperidine rings is 1. The third-order valence-corrected chi connectivity index (χ3v) is 6.31.